The van der Waals surface area contributed by atoms with Crippen LogP contribution in [0.1, 0.15) is 349 Å². The molecular formula is C64H127N3O3. The minimum absolute atomic E-state index is 0.198. The molecule has 1 aliphatic rings. The highest BCUT2D eigenvalue weighted by Crippen LogP contribution is 2.24. The van der Waals surface area contributed by atoms with Gasteiger partial charge in [0, 0.05) is 45.1 Å². The summed E-state index contributed by atoms with van der Waals surface area (Å²) < 4.78 is 0. The molecule has 6 nitrogen and oxygen atoms in total. The van der Waals surface area contributed by atoms with Crippen LogP contribution in [0.3, 0.4) is 0 Å². The molecule has 2 atom stereocenters. The largest absolute Gasteiger partial charge is 0.391 e. The molecule has 70 heavy (non-hydrogen) atoms. The van der Waals surface area contributed by atoms with Crippen LogP contribution in [-0.2, 0) is 9.59 Å². The maximum atomic E-state index is 13.5. The van der Waals surface area contributed by atoms with Crippen molar-refractivity contribution in [3.8, 4) is 0 Å². The topological polar surface area (TPSA) is 64.1 Å². The van der Waals surface area contributed by atoms with Gasteiger partial charge in [0.1, 0.15) is 0 Å². The average Bonchev–Trinajstić information content (AvgIpc) is 3.35. The first-order valence-corrected chi connectivity index (χ1v) is 32.5. The van der Waals surface area contributed by atoms with E-state index in [9.17, 15) is 14.7 Å². The molecule has 0 spiro atoms. The minimum atomic E-state index is -0.198. The van der Waals surface area contributed by atoms with Crippen molar-refractivity contribution in [2.24, 2.45) is 0 Å². The van der Waals surface area contributed by atoms with Crippen LogP contribution in [0.4, 0.5) is 0 Å². The second-order valence-corrected chi connectivity index (χ2v) is 22.9. The van der Waals surface area contributed by atoms with E-state index in [1.165, 1.54) is 263 Å². The molecule has 0 bridgehead atoms. The fourth-order valence-electron chi connectivity index (χ4n) is 11.3. The number of carbonyl (C=O) groups excluding carboxylic acids is 2. The van der Waals surface area contributed by atoms with Crippen molar-refractivity contribution < 1.29 is 14.7 Å². The average molecular weight is 987 g/mol. The number of unbranched alkanes of at least 4 members (excludes halogenated alkanes) is 36. The molecule has 0 unspecified atom stereocenters. The highest BCUT2D eigenvalue weighted by molar-refractivity contribution is 5.76. The van der Waals surface area contributed by atoms with E-state index in [1.54, 1.807) is 0 Å². The quantitative estimate of drug-likeness (QED) is 0.0617. The molecule has 0 aromatic rings. The highest BCUT2D eigenvalue weighted by atomic mass is 16.3. The van der Waals surface area contributed by atoms with Crippen molar-refractivity contribution >= 4 is 11.8 Å². The molecule has 0 aromatic carbocycles. The molecule has 1 N–H and O–H groups in total. The first-order chi connectivity index (χ1) is 34.5. The van der Waals surface area contributed by atoms with Crippen LogP contribution in [0.15, 0.2) is 0 Å². The third-order valence-electron chi connectivity index (χ3n) is 16.2. The van der Waals surface area contributed by atoms with Crippen LogP contribution in [0.2, 0.25) is 0 Å². The van der Waals surface area contributed by atoms with Gasteiger partial charge in [-0.25, -0.2) is 0 Å². The van der Waals surface area contributed by atoms with Gasteiger partial charge in [-0.15, -0.1) is 0 Å². The second kappa shape index (κ2) is 52.7. The summed E-state index contributed by atoms with van der Waals surface area (Å²) in [5.74, 6) is 0.819. The molecule has 6 heteroatoms. The Bertz CT molecular complexity index is 976. The summed E-state index contributed by atoms with van der Waals surface area (Å²) in [7, 11) is 0. The molecule has 1 saturated carbocycles. The van der Waals surface area contributed by atoms with Crippen molar-refractivity contribution in [1.29, 1.82) is 0 Å². The normalized spacial score (nSPS) is 15.4. The standard InChI is InChI=1S/C64H127N3O3/c1-5-9-13-17-21-25-35-47-57-66(58-48-36-26-22-18-14-10-6-2)63(69)53-43-31-29-39-45-55-65(61-51-41-33-34-42-52-62(61)68)56-46-40-30-32-44-54-64(70)67(59-49-37-27-23-19-15-11-7-3)60-50-38-28-24-20-16-12-8-4/h61-62,68H,5-60H2,1-4H3/t61-,62-/m0/s1. The van der Waals surface area contributed by atoms with E-state index in [-0.39, 0.29) is 6.10 Å². The smallest absolute Gasteiger partial charge is 0.222 e. The van der Waals surface area contributed by atoms with Gasteiger partial charge in [0.2, 0.25) is 11.8 Å². The number of nitrogens with zero attached hydrogens (tertiary/aromatic N) is 3. The van der Waals surface area contributed by atoms with E-state index in [0.717, 1.165) is 97.1 Å². The van der Waals surface area contributed by atoms with Gasteiger partial charge in [0.05, 0.1) is 6.10 Å². The van der Waals surface area contributed by atoms with Gasteiger partial charge in [-0.3, -0.25) is 14.5 Å². The third-order valence-corrected chi connectivity index (χ3v) is 16.2. The van der Waals surface area contributed by atoms with Gasteiger partial charge in [0.15, 0.2) is 0 Å². The number of aliphatic hydroxyl groups is 1. The van der Waals surface area contributed by atoms with Crippen LogP contribution in [-0.4, -0.2) is 83.0 Å². The molecule has 1 fully saturated rings. The number of aliphatic hydroxyl groups excluding tert-OH is 1. The Morgan fingerprint density at radius 3 is 0.857 bits per heavy atom. The van der Waals surface area contributed by atoms with Gasteiger partial charge in [-0.1, -0.05) is 272 Å². The first kappa shape index (κ1) is 66.9. The summed E-state index contributed by atoms with van der Waals surface area (Å²) in [6, 6.07) is 0.303. The zero-order chi connectivity index (χ0) is 50.6. The zero-order valence-corrected chi connectivity index (χ0v) is 48.4. The molecule has 1 aliphatic carbocycles. The van der Waals surface area contributed by atoms with E-state index < -0.39 is 0 Å². The maximum absolute atomic E-state index is 13.5. The number of rotatable bonds is 53. The first-order valence-electron chi connectivity index (χ1n) is 32.5. The van der Waals surface area contributed by atoms with Gasteiger partial charge in [0.25, 0.3) is 0 Å². The molecule has 0 aliphatic heterocycles. The summed E-state index contributed by atoms with van der Waals surface area (Å²) in [5.41, 5.74) is 0. The lowest BCUT2D eigenvalue weighted by atomic mass is 9.92. The van der Waals surface area contributed by atoms with Crippen molar-refractivity contribution in [3.05, 3.63) is 0 Å². The zero-order valence-electron chi connectivity index (χ0n) is 48.4. The summed E-state index contributed by atoms with van der Waals surface area (Å²) in [6.07, 6.45) is 62.1. The number of amides is 2. The van der Waals surface area contributed by atoms with E-state index in [4.69, 9.17) is 0 Å². The molecule has 0 saturated heterocycles. The Balaban J connectivity index is 2.53. The molecule has 0 aromatic heterocycles. The van der Waals surface area contributed by atoms with E-state index >= 15 is 0 Å². The molecule has 2 amide bonds. The van der Waals surface area contributed by atoms with Crippen LogP contribution in [0.5, 0.6) is 0 Å². The van der Waals surface area contributed by atoms with E-state index in [1.807, 2.05) is 0 Å². The van der Waals surface area contributed by atoms with Crippen LogP contribution in [0, 0.1) is 0 Å². The van der Waals surface area contributed by atoms with Gasteiger partial charge in [-0.05, 0) is 77.3 Å². The Morgan fingerprint density at radius 2 is 0.557 bits per heavy atom. The molecule has 0 radical (unpaired) electrons. The van der Waals surface area contributed by atoms with Crippen molar-refractivity contribution in [1.82, 2.24) is 14.7 Å². The fourth-order valence-corrected chi connectivity index (χ4v) is 11.3. The summed E-state index contributed by atoms with van der Waals surface area (Å²) in [4.78, 5) is 34.3. The van der Waals surface area contributed by atoms with E-state index in [0.29, 0.717) is 17.9 Å². The lowest BCUT2D eigenvalue weighted by Gasteiger charge is -2.36. The highest BCUT2D eigenvalue weighted by Gasteiger charge is 2.26. The van der Waals surface area contributed by atoms with Crippen LogP contribution in [0.25, 0.3) is 0 Å². The van der Waals surface area contributed by atoms with Crippen molar-refractivity contribution in [2.45, 2.75) is 361 Å². The molecule has 1 rings (SSSR count). The van der Waals surface area contributed by atoms with Crippen molar-refractivity contribution in [2.75, 3.05) is 39.3 Å². The maximum Gasteiger partial charge on any atom is 0.222 e. The molecule has 0 heterocycles. The van der Waals surface area contributed by atoms with Gasteiger partial charge in [-0.2, -0.15) is 0 Å². The third kappa shape index (κ3) is 41.2. The summed E-state index contributed by atoms with van der Waals surface area (Å²) in [5, 5.41) is 11.4. The van der Waals surface area contributed by atoms with Crippen LogP contribution >= 0.6 is 0 Å². The summed E-state index contributed by atoms with van der Waals surface area (Å²) >= 11 is 0. The van der Waals surface area contributed by atoms with E-state index in [2.05, 4.69) is 42.4 Å². The Labute approximate surface area is 439 Å². The number of hydrogen-bond donors (Lipinski definition) is 1. The lowest BCUT2D eigenvalue weighted by molar-refractivity contribution is -0.132. The number of hydrogen-bond acceptors (Lipinski definition) is 4. The summed E-state index contributed by atoms with van der Waals surface area (Å²) in [6.45, 7) is 15.2. The monoisotopic (exact) mass is 986 g/mol. The minimum Gasteiger partial charge on any atom is -0.391 e. The predicted molar refractivity (Wildman–Crippen MR) is 308 cm³/mol. The Morgan fingerprint density at radius 1 is 0.314 bits per heavy atom. The lowest BCUT2D eigenvalue weighted by Crippen LogP contribution is -2.45. The SMILES string of the molecule is CCCCCCCCCCN(CCCCCCCCCC)C(=O)CCCCCCCN(CCCCCCCC(=O)N(CCCCCCCCCC)CCCCCCCCCC)[C@H]1CCCCCC[C@@H]1O. The van der Waals surface area contributed by atoms with Gasteiger partial charge < -0.3 is 14.9 Å². The Hall–Kier alpha value is -1.14. The second-order valence-electron chi connectivity index (χ2n) is 22.9. The fraction of sp³-hybridized carbons (Fsp3) is 0.969. The Kier molecular flexibility index (Phi) is 50.4. The number of carbonyl (C=O) groups is 2. The van der Waals surface area contributed by atoms with Crippen LogP contribution < -0.4 is 0 Å². The van der Waals surface area contributed by atoms with Crippen molar-refractivity contribution in [3.63, 3.8) is 0 Å². The predicted octanol–water partition coefficient (Wildman–Crippen LogP) is 19.3. The molecular weight excluding hydrogens is 859 g/mol. The molecule has 416 valence electrons. The van der Waals surface area contributed by atoms with Gasteiger partial charge >= 0.3 is 0 Å².